The molecule has 0 radical (unpaired) electrons. The lowest BCUT2D eigenvalue weighted by molar-refractivity contribution is -0.155. The average Bonchev–Trinajstić information content (AvgIpc) is 2.57. The highest BCUT2D eigenvalue weighted by Gasteiger charge is 2.57. The molecule has 1 aliphatic carbocycles. The van der Waals surface area contributed by atoms with Crippen LogP contribution in [0.4, 0.5) is 4.79 Å². The Labute approximate surface area is 119 Å². The highest BCUT2D eigenvalue weighted by molar-refractivity contribution is 5.80. The molecule has 2 N–H and O–H groups in total. The SMILES string of the molecule is COC(=O)C12CCC(N)(CN(C(=O)OC(C)(C)C)C1)C2. The minimum absolute atomic E-state index is 0.280. The molecule has 6 nitrogen and oxygen atoms in total. The molecule has 1 amide bonds. The van der Waals surface area contributed by atoms with Crippen molar-refractivity contribution in [3.63, 3.8) is 0 Å². The summed E-state index contributed by atoms with van der Waals surface area (Å²) in [5.74, 6) is -0.280. The highest BCUT2D eigenvalue weighted by atomic mass is 16.6. The van der Waals surface area contributed by atoms with Gasteiger partial charge >= 0.3 is 12.1 Å². The Balaban J connectivity index is 2.18. The van der Waals surface area contributed by atoms with Gasteiger partial charge in [-0.15, -0.1) is 0 Å². The first-order valence-corrected chi connectivity index (χ1v) is 6.94. The second kappa shape index (κ2) is 4.62. The predicted molar refractivity (Wildman–Crippen MR) is 73.0 cm³/mol. The minimum atomic E-state index is -0.668. The number of carbonyl (C=O) groups excluding carboxylic acids is 2. The van der Waals surface area contributed by atoms with Crippen LogP contribution < -0.4 is 5.73 Å². The van der Waals surface area contributed by atoms with Crippen molar-refractivity contribution >= 4 is 12.1 Å². The van der Waals surface area contributed by atoms with E-state index < -0.39 is 22.6 Å². The Hall–Kier alpha value is -1.30. The summed E-state index contributed by atoms with van der Waals surface area (Å²) in [5, 5.41) is 0. The molecular formula is C14H24N2O4. The summed E-state index contributed by atoms with van der Waals surface area (Å²) in [5.41, 5.74) is 4.57. The van der Waals surface area contributed by atoms with Crippen molar-refractivity contribution < 1.29 is 19.1 Å². The molecule has 0 spiro atoms. The topological polar surface area (TPSA) is 81.9 Å². The van der Waals surface area contributed by atoms with Gasteiger partial charge in [0.15, 0.2) is 0 Å². The summed E-state index contributed by atoms with van der Waals surface area (Å²) < 4.78 is 10.3. The lowest BCUT2D eigenvalue weighted by Crippen LogP contribution is -2.59. The third kappa shape index (κ3) is 2.75. The number of hydrogen-bond donors (Lipinski definition) is 1. The second-order valence-corrected chi connectivity index (χ2v) is 7.15. The number of amides is 1. The van der Waals surface area contributed by atoms with Crippen LogP contribution in [-0.4, -0.2) is 48.3 Å². The molecule has 1 saturated carbocycles. The number of nitrogens with two attached hydrogens (primary N) is 1. The number of likely N-dealkylation sites (tertiary alicyclic amines) is 1. The normalized spacial score (nSPS) is 33.0. The van der Waals surface area contributed by atoms with Crippen LogP contribution in [0, 0.1) is 5.41 Å². The number of hydrogen-bond acceptors (Lipinski definition) is 5. The fraction of sp³-hybridized carbons (Fsp3) is 0.857. The van der Waals surface area contributed by atoms with Gasteiger partial charge in [0.1, 0.15) is 5.60 Å². The van der Waals surface area contributed by atoms with Crippen molar-refractivity contribution in [3.05, 3.63) is 0 Å². The van der Waals surface area contributed by atoms with Crippen molar-refractivity contribution in [2.24, 2.45) is 11.1 Å². The zero-order chi connectivity index (χ0) is 15.2. The van der Waals surface area contributed by atoms with Crippen LogP contribution in [0.1, 0.15) is 40.0 Å². The largest absolute Gasteiger partial charge is 0.469 e. The van der Waals surface area contributed by atoms with Gasteiger partial charge in [0.2, 0.25) is 0 Å². The number of methoxy groups -OCH3 is 1. The standard InChI is InChI=1S/C14H24N2O4/c1-12(2,3)20-11(18)16-8-13(10(17)19-4)5-6-14(15,7-13)9-16/h5-9,15H2,1-4H3. The molecule has 1 aliphatic heterocycles. The molecule has 1 saturated heterocycles. The van der Waals surface area contributed by atoms with E-state index in [0.717, 1.165) is 6.42 Å². The monoisotopic (exact) mass is 284 g/mol. The van der Waals surface area contributed by atoms with Crippen LogP contribution in [-0.2, 0) is 14.3 Å². The molecule has 0 aromatic heterocycles. The van der Waals surface area contributed by atoms with E-state index in [1.807, 2.05) is 20.8 Å². The molecule has 2 rings (SSSR count). The third-order valence-electron chi connectivity index (χ3n) is 4.06. The Morgan fingerprint density at radius 2 is 1.85 bits per heavy atom. The highest BCUT2D eigenvalue weighted by Crippen LogP contribution is 2.48. The molecule has 0 aromatic carbocycles. The van der Waals surface area contributed by atoms with Crippen molar-refractivity contribution in [3.8, 4) is 0 Å². The van der Waals surface area contributed by atoms with Crippen molar-refractivity contribution in [2.75, 3.05) is 20.2 Å². The van der Waals surface area contributed by atoms with Crippen molar-refractivity contribution in [1.29, 1.82) is 0 Å². The van der Waals surface area contributed by atoms with Crippen LogP contribution in [0.15, 0.2) is 0 Å². The van der Waals surface area contributed by atoms with Crippen LogP contribution in [0.2, 0.25) is 0 Å². The van der Waals surface area contributed by atoms with E-state index in [1.54, 1.807) is 4.90 Å². The smallest absolute Gasteiger partial charge is 0.410 e. The van der Waals surface area contributed by atoms with E-state index in [0.29, 0.717) is 25.9 Å². The van der Waals surface area contributed by atoms with E-state index in [1.165, 1.54) is 7.11 Å². The number of carbonyl (C=O) groups is 2. The number of esters is 1. The van der Waals surface area contributed by atoms with Gasteiger partial charge in [-0.1, -0.05) is 0 Å². The summed E-state index contributed by atoms with van der Waals surface area (Å²) in [6.07, 6.45) is 1.55. The Kier molecular flexibility index (Phi) is 3.48. The molecular weight excluding hydrogens is 260 g/mol. The summed E-state index contributed by atoms with van der Waals surface area (Å²) in [6, 6.07) is 0. The predicted octanol–water partition coefficient (Wildman–Crippen LogP) is 1.28. The van der Waals surface area contributed by atoms with E-state index in [9.17, 15) is 9.59 Å². The van der Waals surface area contributed by atoms with Gasteiger partial charge in [0, 0.05) is 18.6 Å². The maximum Gasteiger partial charge on any atom is 0.410 e. The quantitative estimate of drug-likeness (QED) is 0.733. The average molecular weight is 284 g/mol. The number of nitrogens with zero attached hydrogens (tertiary/aromatic N) is 1. The lowest BCUT2D eigenvalue weighted by Gasteiger charge is -2.42. The zero-order valence-electron chi connectivity index (χ0n) is 12.7. The fourth-order valence-electron chi connectivity index (χ4n) is 3.32. The lowest BCUT2D eigenvalue weighted by atomic mass is 9.80. The summed E-state index contributed by atoms with van der Waals surface area (Å²) in [4.78, 5) is 25.9. The summed E-state index contributed by atoms with van der Waals surface area (Å²) >= 11 is 0. The van der Waals surface area contributed by atoms with Crippen LogP contribution in [0.5, 0.6) is 0 Å². The first-order valence-electron chi connectivity index (χ1n) is 6.94. The van der Waals surface area contributed by atoms with Crippen LogP contribution >= 0.6 is 0 Å². The maximum atomic E-state index is 12.2. The summed E-state index contributed by atoms with van der Waals surface area (Å²) in [7, 11) is 1.38. The molecule has 2 aliphatic rings. The Morgan fingerprint density at radius 1 is 1.20 bits per heavy atom. The van der Waals surface area contributed by atoms with Crippen LogP contribution in [0.3, 0.4) is 0 Å². The van der Waals surface area contributed by atoms with Gasteiger partial charge in [-0.2, -0.15) is 0 Å². The third-order valence-corrected chi connectivity index (χ3v) is 4.06. The second-order valence-electron chi connectivity index (χ2n) is 7.15. The van der Waals surface area contributed by atoms with Crippen molar-refractivity contribution in [1.82, 2.24) is 4.90 Å². The first kappa shape index (κ1) is 15.1. The van der Waals surface area contributed by atoms with Gasteiger partial charge in [0.05, 0.1) is 12.5 Å². The van der Waals surface area contributed by atoms with E-state index >= 15 is 0 Å². The van der Waals surface area contributed by atoms with Crippen LogP contribution in [0.25, 0.3) is 0 Å². The maximum absolute atomic E-state index is 12.2. The number of ether oxygens (including phenoxy) is 2. The van der Waals surface area contributed by atoms with E-state index in [4.69, 9.17) is 15.2 Å². The molecule has 20 heavy (non-hydrogen) atoms. The first-order chi connectivity index (χ1) is 9.09. The van der Waals surface area contributed by atoms with E-state index in [2.05, 4.69) is 0 Å². The molecule has 2 unspecified atom stereocenters. The molecule has 6 heteroatoms. The number of piperidine rings is 1. The minimum Gasteiger partial charge on any atom is -0.469 e. The molecule has 114 valence electrons. The van der Waals surface area contributed by atoms with Gasteiger partial charge in [-0.25, -0.2) is 4.79 Å². The van der Waals surface area contributed by atoms with E-state index in [-0.39, 0.29) is 5.97 Å². The molecule has 2 bridgehead atoms. The van der Waals surface area contributed by atoms with Crippen molar-refractivity contribution in [2.45, 2.75) is 51.2 Å². The van der Waals surface area contributed by atoms with Gasteiger partial charge in [-0.3, -0.25) is 4.79 Å². The summed E-state index contributed by atoms with van der Waals surface area (Å²) in [6.45, 7) is 6.21. The molecule has 2 atom stereocenters. The Morgan fingerprint density at radius 3 is 2.40 bits per heavy atom. The van der Waals surface area contributed by atoms with Gasteiger partial charge in [0.25, 0.3) is 0 Å². The number of fused-ring (bicyclic) bond motifs is 2. The molecule has 0 aromatic rings. The molecule has 2 fully saturated rings. The molecule has 1 heterocycles. The Bertz CT molecular complexity index is 431. The zero-order valence-corrected chi connectivity index (χ0v) is 12.7. The van der Waals surface area contributed by atoms with Gasteiger partial charge in [-0.05, 0) is 40.0 Å². The number of rotatable bonds is 1. The van der Waals surface area contributed by atoms with Gasteiger partial charge < -0.3 is 20.1 Å². The fourth-order valence-corrected chi connectivity index (χ4v) is 3.32.